The normalized spacial score (nSPS) is 32.5. The first-order chi connectivity index (χ1) is 13.4. The van der Waals surface area contributed by atoms with E-state index in [4.69, 9.17) is 4.74 Å². The number of methoxy groups -OCH3 is 1. The maximum Gasteiger partial charge on any atom is 0.309 e. The van der Waals surface area contributed by atoms with Crippen LogP contribution in [-0.2, 0) is 9.59 Å². The van der Waals surface area contributed by atoms with Gasteiger partial charge in [0.25, 0.3) is 0 Å². The van der Waals surface area contributed by atoms with Crippen LogP contribution in [0.2, 0.25) is 0 Å². The summed E-state index contributed by atoms with van der Waals surface area (Å²) in [6.07, 6.45) is 7.76. The molecule has 0 heterocycles. The van der Waals surface area contributed by atoms with Gasteiger partial charge >= 0.3 is 11.8 Å². The number of ether oxygens (including phenoxy) is 1. The third-order valence-corrected chi connectivity index (χ3v) is 7.52. The van der Waals surface area contributed by atoms with Crippen molar-refractivity contribution in [3.05, 3.63) is 29.8 Å². The molecule has 4 aliphatic rings. The van der Waals surface area contributed by atoms with Gasteiger partial charge in [0.15, 0.2) is 0 Å². The average molecular weight is 385 g/mol. The fraction of sp³-hybridized carbons (Fsp3) is 0.652. The van der Waals surface area contributed by atoms with E-state index >= 15 is 0 Å². The van der Waals surface area contributed by atoms with Crippen LogP contribution in [0, 0.1) is 23.2 Å². The molecule has 4 saturated carbocycles. The number of carbonyl (C=O) groups is 2. The molecule has 2 N–H and O–H groups in total. The highest BCUT2D eigenvalue weighted by atomic mass is 16.5. The molecule has 28 heavy (non-hydrogen) atoms. The molecule has 4 bridgehead atoms. The smallest absolute Gasteiger partial charge is 0.309 e. The molecule has 4 aliphatic carbocycles. The predicted molar refractivity (Wildman–Crippen MR) is 108 cm³/mol. The van der Waals surface area contributed by atoms with Gasteiger partial charge < -0.3 is 15.4 Å². The Bertz CT molecular complexity index is 707. The summed E-state index contributed by atoms with van der Waals surface area (Å²) in [5, 5.41) is 5.86. The van der Waals surface area contributed by atoms with Crippen molar-refractivity contribution in [1.82, 2.24) is 10.6 Å². The largest absolute Gasteiger partial charge is 0.497 e. The zero-order chi connectivity index (χ0) is 19.9. The Morgan fingerprint density at radius 2 is 1.43 bits per heavy atom. The lowest BCUT2D eigenvalue weighted by atomic mass is 9.48. The van der Waals surface area contributed by atoms with Crippen LogP contribution in [0.1, 0.15) is 64.0 Å². The summed E-state index contributed by atoms with van der Waals surface area (Å²) < 4.78 is 5.16. The molecule has 4 fully saturated rings. The van der Waals surface area contributed by atoms with Gasteiger partial charge in [0.1, 0.15) is 5.75 Å². The lowest BCUT2D eigenvalue weighted by Crippen LogP contribution is -2.57. The van der Waals surface area contributed by atoms with Gasteiger partial charge in [-0.05, 0) is 93.2 Å². The number of hydrogen-bond acceptors (Lipinski definition) is 3. The summed E-state index contributed by atoms with van der Waals surface area (Å²) in [5.74, 6) is 2.19. The fourth-order valence-corrected chi connectivity index (χ4v) is 6.36. The summed E-state index contributed by atoms with van der Waals surface area (Å²) in [6, 6.07) is 7.33. The van der Waals surface area contributed by atoms with Gasteiger partial charge in [-0.3, -0.25) is 9.59 Å². The van der Waals surface area contributed by atoms with E-state index in [1.165, 1.54) is 38.5 Å². The number of carbonyl (C=O) groups excluding carboxylic acids is 2. The molecule has 5 rings (SSSR count). The zero-order valence-electron chi connectivity index (χ0n) is 17.2. The summed E-state index contributed by atoms with van der Waals surface area (Å²) in [5.41, 5.74) is 1.14. The molecule has 0 aromatic heterocycles. The van der Waals surface area contributed by atoms with Crippen molar-refractivity contribution in [2.45, 2.75) is 64.5 Å². The van der Waals surface area contributed by atoms with Gasteiger partial charge in [-0.15, -0.1) is 0 Å². The topological polar surface area (TPSA) is 67.4 Å². The Labute approximate surface area is 167 Å². The molecule has 0 aliphatic heterocycles. The Morgan fingerprint density at radius 1 is 0.929 bits per heavy atom. The Hall–Kier alpha value is -2.04. The van der Waals surface area contributed by atoms with Gasteiger partial charge in [-0.1, -0.05) is 12.1 Å². The van der Waals surface area contributed by atoms with Crippen molar-refractivity contribution in [2.24, 2.45) is 23.2 Å². The standard InChI is InChI=1S/C23H32N2O3/c1-14(19-4-6-20(28-3)7-5-19)24-21(26)22(27)25-15(2)23-11-16-8-17(12-23)10-18(9-16)13-23/h4-7,14-18H,8-13H2,1-3H3,(H,24,26)(H,25,27). The van der Waals surface area contributed by atoms with E-state index in [1.807, 2.05) is 31.2 Å². The van der Waals surface area contributed by atoms with Crippen LogP contribution >= 0.6 is 0 Å². The van der Waals surface area contributed by atoms with E-state index in [-0.39, 0.29) is 17.5 Å². The Morgan fingerprint density at radius 3 is 1.93 bits per heavy atom. The number of benzene rings is 1. The van der Waals surface area contributed by atoms with E-state index < -0.39 is 11.8 Å². The number of hydrogen-bond donors (Lipinski definition) is 2. The number of amides is 2. The first-order valence-electron chi connectivity index (χ1n) is 10.6. The van der Waals surface area contributed by atoms with Gasteiger partial charge in [0.2, 0.25) is 0 Å². The second-order valence-electron chi connectivity index (χ2n) is 9.44. The molecule has 0 saturated heterocycles. The highest BCUT2D eigenvalue weighted by molar-refractivity contribution is 6.35. The van der Waals surface area contributed by atoms with Crippen molar-refractivity contribution in [3.63, 3.8) is 0 Å². The van der Waals surface area contributed by atoms with E-state index in [9.17, 15) is 9.59 Å². The SMILES string of the molecule is COc1ccc(C(C)NC(=O)C(=O)NC(C)C23CC4CC(CC(C4)C2)C3)cc1. The maximum absolute atomic E-state index is 12.6. The highest BCUT2D eigenvalue weighted by Crippen LogP contribution is 2.61. The quantitative estimate of drug-likeness (QED) is 0.763. The first-order valence-corrected chi connectivity index (χ1v) is 10.6. The molecular formula is C23H32N2O3. The van der Waals surface area contributed by atoms with Gasteiger partial charge in [-0.2, -0.15) is 0 Å². The van der Waals surface area contributed by atoms with E-state index in [0.717, 1.165) is 29.1 Å². The monoisotopic (exact) mass is 384 g/mol. The molecule has 0 spiro atoms. The zero-order valence-corrected chi connectivity index (χ0v) is 17.2. The summed E-state index contributed by atoms with van der Waals surface area (Å²) in [4.78, 5) is 25.0. The molecule has 2 unspecified atom stereocenters. The molecular weight excluding hydrogens is 352 g/mol. The minimum Gasteiger partial charge on any atom is -0.497 e. The minimum atomic E-state index is -0.556. The Balaban J connectivity index is 1.34. The van der Waals surface area contributed by atoms with Crippen molar-refractivity contribution in [2.75, 3.05) is 7.11 Å². The molecule has 1 aromatic rings. The van der Waals surface area contributed by atoms with Crippen LogP contribution in [0.15, 0.2) is 24.3 Å². The van der Waals surface area contributed by atoms with Crippen molar-refractivity contribution in [1.29, 1.82) is 0 Å². The van der Waals surface area contributed by atoms with Crippen LogP contribution in [0.4, 0.5) is 0 Å². The lowest BCUT2D eigenvalue weighted by Gasteiger charge is -2.59. The lowest BCUT2D eigenvalue weighted by molar-refractivity contribution is -0.142. The van der Waals surface area contributed by atoms with Crippen LogP contribution in [0.3, 0.4) is 0 Å². The van der Waals surface area contributed by atoms with Crippen LogP contribution in [0.5, 0.6) is 5.75 Å². The van der Waals surface area contributed by atoms with Crippen LogP contribution in [0.25, 0.3) is 0 Å². The van der Waals surface area contributed by atoms with E-state index in [0.29, 0.717) is 0 Å². The van der Waals surface area contributed by atoms with Crippen molar-refractivity contribution >= 4 is 11.8 Å². The van der Waals surface area contributed by atoms with Gasteiger partial charge in [0, 0.05) is 6.04 Å². The maximum atomic E-state index is 12.6. The first kappa shape index (κ1) is 19.3. The van der Waals surface area contributed by atoms with Crippen molar-refractivity contribution in [3.8, 4) is 5.75 Å². The third-order valence-electron chi connectivity index (χ3n) is 7.52. The second-order valence-corrected chi connectivity index (χ2v) is 9.44. The molecule has 1 aromatic carbocycles. The number of rotatable bonds is 5. The molecule has 152 valence electrons. The third kappa shape index (κ3) is 3.63. The van der Waals surface area contributed by atoms with Crippen LogP contribution in [-0.4, -0.2) is 25.0 Å². The molecule has 2 atom stereocenters. The summed E-state index contributed by atoms with van der Waals surface area (Å²) in [6.45, 7) is 3.99. The fourth-order valence-electron chi connectivity index (χ4n) is 6.36. The second kappa shape index (κ2) is 7.41. The van der Waals surface area contributed by atoms with Crippen LogP contribution < -0.4 is 15.4 Å². The van der Waals surface area contributed by atoms with E-state index in [2.05, 4.69) is 17.6 Å². The van der Waals surface area contributed by atoms with Crippen molar-refractivity contribution < 1.29 is 14.3 Å². The highest BCUT2D eigenvalue weighted by Gasteiger charge is 2.53. The molecule has 5 nitrogen and oxygen atoms in total. The summed E-state index contributed by atoms with van der Waals surface area (Å²) >= 11 is 0. The Kier molecular flexibility index (Phi) is 5.11. The minimum absolute atomic E-state index is 0.0513. The number of nitrogens with one attached hydrogen (secondary N) is 2. The molecule has 2 amide bonds. The summed E-state index contributed by atoms with van der Waals surface area (Å²) in [7, 11) is 1.62. The van der Waals surface area contributed by atoms with Gasteiger partial charge in [0.05, 0.1) is 13.2 Å². The molecule has 5 heteroatoms. The van der Waals surface area contributed by atoms with E-state index in [1.54, 1.807) is 7.11 Å². The van der Waals surface area contributed by atoms with Gasteiger partial charge in [-0.25, -0.2) is 0 Å². The molecule has 0 radical (unpaired) electrons. The predicted octanol–water partition coefficient (Wildman–Crippen LogP) is 3.59. The average Bonchev–Trinajstić information content (AvgIpc) is 2.66.